The molecule has 1 rings (SSSR count). The van der Waals surface area contributed by atoms with Gasteiger partial charge >= 0.3 is 0 Å². The molecule has 1 aromatic carbocycles. The smallest absolute Gasteiger partial charge is 0.149 e. The Hall–Kier alpha value is -0.520. The summed E-state index contributed by atoms with van der Waals surface area (Å²) in [5, 5.41) is 0. The van der Waals surface area contributed by atoms with Crippen LogP contribution in [-0.4, -0.2) is 0 Å². The van der Waals surface area contributed by atoms with Crippen molar-refractivity contribution >= 4 is 34.0 Å². The SMILES string of the molecule is CCc1c(I)cc(F)c(N)c1N. The number of anilines is 2. The number of nitrogen functional groups attached to an aromatic ring is 2. The molecule has 0 saturated carbocycles. The molecule has 1 aromatic rings. The van der Waals surface area contributed by atoms with E-state index >= 15 is 0 Å². The highest BCUT2D eigenvalue weighted by Crippen LogP contribution is 2.28. The maximum atomic E-state index is 12.9. The Morgan fingerprint density at radius 1 is 1.42 bits per heavy atom. The molecule has 0 aromatic heterocycles. The highest BCUT2D eigenvalue weighted by Gasteiger charge is 2.10. The average Bonchev–Trinajstić information content (AvgIpc) is 2.01. The third kappa shape index (κ3) is 1.48. The Morgan fingerprint density at radius 2 is 2.00 bits per heavy atom. The van der Waals surface area contributed by atoms with Crippen molar-refractivity contribution in [2.75, 3.05) is 11.5 Å². The van der Waals surface area contributed by atoms with E-state index < -0.39 is 5.82 Å². The van der Waals surface area contributed by atoms with Crippen LogP contribution in [0.4, 0.5) is 15.8 Å². The zero-order chi connectivity index (χ0) is 9.30. The predicted octanol–water partition coefficient (Wildman–Crippen LogP) is 2.16. The molecule has 0 amide bonds. The summed E-state index contributed by atoms with van der Waals surface area (Å²) in [6.45, 7) is 1.96. The molecular formula is C8H10FIN2. The fourth-order valence-corrected chi connectivity index (χ4v) is 2.00. The van der Waals surface area contributed by atoms with Crippen LogP contribution in [0.25, 0.3) is 0 Å². The average molecular weight is 280 g/mol. The van der Waals surface area contributed by atoms with Gasteiger partial charge in [-0.15, -0.1) is 0 Å². The van der Waals surface area contributed by atoms with Gasteiger partial charge in [0, 0.05) is 3.57 Å². The lowest BCUT2D eigenvalue weighted by Gasteiger charge is -2.09. The standard InChI is InChI=1S/C8H10FIN2/c1-2-4-6(10)3-5(9)8(12)7(4)11/h3H,2,11-12H2,1H3. The van der Waals surface area contributed by atoms with Crippen LogP contribution in [-0.2, 0) is 6.42 Å². The predicted molar refractivity (Wildman–Crippen MR) is 57.3 cm³/mol. The molecule has 0 heterocycles. The van der Waals surface area contributed by atoms with Gasteiger partial charge in [-0.25, -0.2) is 4.39 Å². The molecule has 0 spiro atoms. The second-order valence-corrected chi connectivity index (χ2v) is 3.66. The van der Waals surface area contributed by atoms with Crippen molar-refractivity contribution in [2.24, 2.45) is 0 Å². The van der Waals surface area contributed by atoms with Crippen molar-refractivity contribution < 1.29 is 4.39 Å². The molecule has 2 nitrogen and oxygen atoms in total. The minimum Gasteiger partial charge on any atom is -0.397 e. The molecule has 4 heteroatoms. The van der Waals surface area contributed by atoms with E-state index in [0.717, 1.165) is 15.6 Å². The first-order valence-corrected chi connectivity index (χ1v) is 4.67. The molecule has 0 radical (unpaired) electrons. The summed E-state index contributed by atoms with van der Waals surface area (Å²) in [5.74, 6) is -0.436. The van der Waals surface area contributed by atoms with E-state index in [-0.39, 0.29) is 5.69 Å². The molecule has 4 N–H and O–H groups in total. The van der Waals surface area contributed by atoms with Crippen LogP contribution in [0.15, 0.2) is 6.07 Å². The maximum absolute atomic E-state index is 12.9. The maximum Gasteiger partial charge on any atom is 0.149 e. The first kappa shape index (κ1) is 9.57. The van der Waals surface area contributed by atoms with Gasteiger partial charge < -0.3 is 11.5 Å². The first-order valence-electron chi connectivity index (χ1n) is 3.59. The fraction of sp³-hybridized carbons (Fsp3) is 0.250. The molecule has 0 unspecified atom stereocenters. The van der Waals surface area contributed by atoms with Crippen molar-refractivity contribution in [1.29, 1.82) is 0 Å². The molecule has 0 fully saturated rings. The Kier molecular flexibility index (Phi) is 2.76. The summed E-state index contributed by atoms with van der Waals surface area (Å²) in [4.78, 5) is 0. The van der Waals surface area contributed by atoms with E-state index in [9.17, 15) is 4.39 Å². The van der Waals surface area contributed by atoms with Crippen LogP contribution in [0.5, 0.6) is 0 Å². The van der Waals surface area contributed by atoms with Crippen molar-refractivity contribution in [3.8, 4) is 0 Å². The summed E-state index contributed by atoms with van der Waals surface area (Å²) < 4.78 is 13.8. The molecule has 66 valence electrons. The fourth-order valence-electron chi connectivity index (χ4n) is 1.06. The van der Waals surface area contributed by atoms with Gasteiger partial charge in [-0.1, -0.05) is 6.92 Å². The highest BCUT2D eigenvalue weighted by atomic mass is 127. The zero-order valence-corrected chi connectivity index (χ0v) is 8.85. The lowest BCUT2D eigenvalue weighted by Crippen LogP contribution is -2.04. The van der Waals surface area contributed by atoms with E-state index in [4.69, 9.17) is 11.5 Å². The number of hydrogen-bond acceptors (Lipinski definition) is 2. The Bertz CT molecular complexity index is 312. The van der Waals surface area contributed by atoms with Crippen molar-refractivity contribution in [1.82, 2.24) is 0 Å². The molecule has 0 saturated heterocycles. The quantitative estimate of drug-likeness (QED) is 0.611. The lowest BCUT2D eigenvalue weighted by atomic mass is 10.1. The van der Waals surface area contributed by atoms with Crippen LogP contribution in [0.1, 0.15) is 12.5 Å². The number of rotatable bonds is 1. The number of halogens is 2. The van der Waals surface area contributed by atoms with Gasteiger partial charge in [0.25, 0.3) is 0 Å². The van der Waals surface area contributed by atoms with Crippen LogP contribution >= 0.6 is 22.6 Å². The largest absolute Gasteiger partial charge is 0.397 e. The van der Waals surface area contributed by atoms with Crippen LogP contribution in [0.2, 0.25) is 0 Å². The summed E-state index contributed by atoms with van der Waals surface area (Å²) in [6.07, 6.45) is 0.772. The second kappa shape index (κ2) is 3.47. The number of hydrogen-bond donors (Lipinski definition) is 2. The minimum atomic E-state index is -0.436. The van der Waals surface area contributed by atoms with Crippen LogP contribution in [0.3, 0.4) is 0 Å². The van der Waals surface area contributed by atoms with E-state index in [1.165, 1.54) is 6.07 Å². The third-order valence-corrected chi connectivity index (χ3v) is 2.73. The third-order valence-electron chi connectivity index (χ3n) is 1.77. The van der Waals surface area contributed by atoms with Gasteiger partial charge in [0.05, 0.1) is 11.4 Å². The summed E-state index contributed by atoms with van der Waals surface area (Å²) in [7, 11) is 0. The molecule has 0 bridgehead atoms. The van der Waals surface area contributed by atoms with Crippen molar-refractivity contribution in [3.05, 3.63) is 21.0 Å². The number of nitrogens with two attached hydrogens (primary N) is 2. The van der Waals surface area contributed by atoms with Gasteiger partial charge in [-0.3, -0.25) is 0 Å². The Balaban J connectivity index is 3.40. The van der Waals surface area contributed by atoms with E-state index in [1.807, 2.05) is 6.92 Å². The number of benzene rings is 1. The minimum absolute atomic E-state index is 0.0623. The molecule has 0 atom stereocenters. The van der Waals surface area contributed by atoms with Gasteiger partial charge in [0.2, 0.25) is 0 Å². The highest BCUT2D eigenvalue weighted by molar-refractivity contribution is 14.1. The monoisotopic (exact) mass is 280 g/mol. The topological polar surface area (TPSA) is 52.0 Å². The second-order valence-electron chi connectivity index (χ2n) is 2.50. The molecular weight excluding hydrogens is 270 g/mol. The lowest BCUT2D eigenvalue weighted by molar-refractivity contribution is 0.631. The normalized spacial score (nSPS) is 10.2. The Labute approximate surface area is 84.3 Å². The first-order chi connectivity index (χ1) is 5.57. The molecule has 12 heavy (non-hydrogen) atoms. The van der Waals surface area contributed by atoms with Crippen LogP contribution < -0.4 is 11.5 Å². The summed E-state index contributed by atoms with van der Waals surface area (Å²) >= 11 is 2.05. The van der Waals surface area contributed by atoms with E-state index in [1.54, 1.807) is 0 Å². The van der Waals surface area contributed by atoms with Gasteiger partial charge in [0.1, 0.15) is 5.82 Å². The summed E-state index contributed by atoms with van der Waals surface area (Å²) in [6, 6.07) is 1.41. The molecule has 0 aliphatic carbocycles. The van der Waals surface area contributed by atoms with Gasteiger partial charge in [-0.05, 0) is 40.6 Å². The van der Waals surface area contributed by atoms with Crippen molar-refractivity contribution in [2.45, 2.75) is 13.3 Å². The van der Waals surface area contributed by atoms with Crippen molar-refractivity contribution in [3.63, 3.8) is 0 Å². The van der Waals surface area contributed by atoms with Gasteiger partial charge in [-0.2, -0.15) is 0 Å². The van der Waals surface area contributed by atoms with E-state index in [0.29, 0.717) is 5.69 Å². The van der Waals surface area contributed by atoms with E-state index in [2.05, 4.69) is 22.6 Å². The summed E-state index contributed by atoms with van der Waals surface area (Å²) in [5.41, 5.74) is 12.4. The zero-order valence-electron chi connectivity index (χ0n) is 6.70. The van der Waals surface area contributed by atoms with Gasteiger partial charge in [0.15, 0.2) is 0 Å². The molecule has 0 aliphatic rings. The van der Waals surface area contributed by atoms with Crippen LogP contribution in [0, 0.1) is 9.39 Å². The molecule has 0 aliphatic heterocycles. The Morgan fingerprint density at radius 3 is 2.50 bits per heavy atom.